The van der Waals surface area contributed by atoms with Gasteiger partial charge in [0.05, 0.1) is 5.69 Å². The molecule has 0 bridgehead atoms. The summed E-state index contributed by atoms with van der Waals surface area (Å²) in [5.74, 6) is 0.766. The molecule has 7 nitrogen and oxygen atoms in total. The Bertz CT molecular complexity index is 948. The lowest BCUT2D eigenvalue weighted by Crippen LogP contribution is -2.48. The largest absolute Gasteiger partial charge is 0.353 e. The molecule has 146 valence electrons. The molecule has 1 aliphatic heterocycles. The van der Waals surface area contributed by atoms with E-state index in [1.54, 1.807) is 10.7 Å². The van der Waals surface area contributed by atoms with E-state index in [1.807, 2.05) is 43.5 Å². The first-order chi connectivity index (χ1) is 13.6. The number of aryl methyl sites for hydroxylation is 1. The molecule has 1 amide bonds. The highest BCUT2D eigenvalue weighted by Crippen LogP contribution is 2.25. The second-order valence-electron chi connectivity index (χ2n) is 6.96. The second kappa shape index (κ2) is 8.06. The second-order valence-corrected chi connectivity index (χ2v) is 7.40. The topological polar surface area (TPSA) is 78.8 Å². The maximum absolute atomic E-state index is 12.5. The lowest BCUT2D eigenvalue weighted by atomic mass is 10.1. The van der Waals surface area contributed by atoms with Crippen LogP contribution in [0.15, 0.2) is 42.6 Å². The zero-order valence-electron chi connectivity index (χ0n) is 15.7. The van der Waals surface area contributed by atoms with Gasteiger partial charge in [-0.3, -0.25) is 14.6 Å². The first kappa shape index (κ1) is 18.6. The Morgan fingerprint density at radius 2 is 2.14 bits per heavy atom. The lowest BCUT2D eigenvalue weighted by molar-refractivity contribution is 0.0927. The zero-order chi connectivity index (χ0) is 19.5. The Balaban J connectivity index is 1.41. The van der Waals surface area contributed by atoms with Gasteiger partial charge in [0, 0.05) is 43.0 Å². The highest BCUT2D eigenvalue weighted by molar-refractivity contribution is 6.30. The molecule has 3 aromatic rings. The molecule has 28 heavy (non-hydrogen) atoms. The van der Waals surface area contributed by atoms with Crippen molar-refractivity contribution >= 4 is 23.3 Å². The van der Waals surface area contributed by atoms with E-state index in [0.29, 0.717) is 10.7 Å². The number of nitrogens with zero attached hydrogens (tertiary/aromatic N) is 4. The summed E-state index contributed by atoms with van der Waals surface area (Å²) >= 11 is 5.96. The molecule has 0 saturated carbocycles. The summed E-state index contributed by atoms with van der Waals surface area (Å²) in [4.78, 5) is 14.7. The van der Waals surface area contributed by atoms with E-state index < -0.39 is 0 Å². The first-order valence-electron chi connectivity index (χ1n) is 9.53. The summed E-state index contributed by atoms with van der Waals surface area (Å²) in [6.07, 6.45) is 3.77. The average molecular weight is 399 g/mol. The fourth-order valence-electron chi connectivity index (χ4n) is 3.47. The Morgan fingerprint density at radius 3 is 2.89 bits per heavy atom. The highest BCUT2D eigenvalue weighted by Gasteiger charge is 2.24. The number of nitrogens with one attached hydrogen (secondary N) is 2. The van der Waals surface area contributed by atoms with Crippen LogP contribution in [0, 0.1) is 0 Å². The van der Waals surface area contributed by atoms with Crippen LogP contribution in [0.2, 0.25) is 5.02 Å². The summed E-state index contributed by atoms with van der Waals surface area (Å²) in [6, 6.07) is 11.5. The number of benzene rings is 1. The van der Waals surface area contributed by atoms with E-state index in [0.717, 1.165) is 49.6 Å². The number of amides is 1. The number of piperidine rings is 1. The number of H-pyrrole nitrogens is 1. The van der Waals surface area contributed by atoms with Crippen molar-refractivity contribution in [1.82, 2.24) is 25.3 Å². The number of aromatic nitrogens is 4. The number of hydrogen-bond acceptors (Lipinski definition) is 4. The van der Waals surface area contributed by atoms with E-state index >= 15 is 0 Å². The molecule has 1 aromatic carbocycles. The molecule has 1 aliphatic rings. The minimum atomic E-state index is -0.122. The van der Waals surface area contributed by atoms with Crippen LogP contribution in [0.25, 0.3) is 11.3 Å². The Hall–Kier alpha value is -2.80. The van der Waals surface area contributed by atoms with Crippen LogP contribution in [0.5, 0.6) is 0 Å². The predicted octanol–water partition coefficient (Wildman–Crippen LogP) is 3.35. The number of carbonyl (C=O) groups is 1. The van der Waals surface area contributed by atoms with Crippen molar-refractivity contribution in [2.45, 2.75) is 32.4 Å². The Labute approximate surface area is 168 Å². The van der Waals surface area contributed by atoms with Crippen molar-refractivity contribution in [3.63, 3.8) is 0 Å². The van der Waals surface area contributed by atoms with Crippen LogP contribution in [0.3, 0.4) is 0 Å². The minimum absolute atomic E-state index is 0.0729. The molecule has 2 aromatic heterocycles. The molecule has 0 unspecified atom stereocenters. The molecule has 8 heteroatoms. The zero-order valence-corrected chi connectivity index (χ0v) is 16.5. The monoisotopic (exact) mass is 398 g/mol. The number of anilines is 1. The maximum atomic E-state index is 12.5. The van der Waals surface area contributed by atoms with E-state index in [1.165, 1.54) is 0 Å². The van der Waals surface area contributed by atoms with Gasteiger partial charge >= 0.3 is 0 Å². The van der Waals surface area contributed by atoms with Gasteiger partial charge in [0.1, 0.15) is 5.69 Å². The highest BCUT2D eigenvalue weighted by atomic mass is 35.5. The van der Waals surface area contributed by atoms with Crippen molar-refractivity contribution < 1.29 is 4.79 Å². The summed E-state index contributed by atoms with van der Waals surface area (Å²) < 4.78 is 1.75. The fourth-order valence-corrected chi connectivity index (χ4v) is 3.60. The van der Waals surface area contributed by atoms with Gasteiger partial charge in [-0.25, -0.2) is 0 Å². The number of carbonyl (C=O) groups excluding carboxylic acids is 1. The molecule has 0 spiro atoms. The fraction of sp³-hybridized carbons (Fsp3) is 0.350. The van der Waals surface area contributed by atoms with Crippen molar-refractivity contribution in [3.05, 3.63) is 53.3 Å². The third-order valence-electron chi connectivity index (χ3n) is 5.00. The van der Waals surface area contributed by atoms with Gasteiger partial charge in [0.15, 0.2) is 5.82 Å². The molecule has 1 saturated heterocycles. The molecule has 0 aliphatic carbocycles. The quantitative estimate of drug-likeness (QED) is 0.690. The van der Waals surface area contributed by atoms with Crippen LogP contribution in [-0.2, 0) is 6.54 Å². The van der Waals surface area contributed by atoms with Gasteiger partial charge in [0.25, 0.3) is 5.91 Å². The summed E-state index contributed by atoms with van der Waals surface area (Å²) in [6.45, 7) is 4.39. The minimum Gasteiger partial charge on any atom is -0.353 e. The van der Waals surface area contributed by atoms with Crippen LogP contribution in [0.4, 0.5) is 5.82 Å². The van der Waals surface area contributed by atoms with E-state index in [2.05, 4.69) is 25.5 Å². The number of hydrogen-bond donors (Lipinski definition) is 2. The molecular weight excluding hydrogens is 376 g/mol. The van der Waals surface area contributed by atoms with E-state index in [4.69, 9.17) is 11.6 Å². The van der Waals surface area contributed by atoms with Crippen molar-refractivity contribution in [3.8, 4) is 11.3 Å². The maximum Gasteiger partial charge on any atom is 0.272 e. The first-order valence-corrected chi connectivity index (χ1v) is 9.91. The molecule has 2 N–H and O–H groups in total. The molecule has 1 atom stereocenters. The van der Waals surface area contributed by atoms with Crippen LogP contribution in [0.1, 0.15) is 30.3 Å². The standard InChI is InChI=1S/C20H23ClN6O/c1-2-27-11-9-17(25-27)20(28)22-16-4-3-10-26(13-16)19-12-18(23-24-19)14-5-7-15(21)8-6-14/h5-9,11-12,16H,2-4,10,13H2,1H3,(H,22,28)(H,23,24)/t16-/m1/s1. The van der Waals surface area contributed by atoms with Crippen molar-refractivity contribution in [2.75, 3.05) is 18.0 Å². The lowest BCUT2D eigenvalue weighted by Gasteiger charge is -2.33. The van der Waals surface area contributed by atoms with E-state index in [-0.39, 0.29) is 11.9 Å². The van der Waals surface area contributed by atoms with Gasteiger partial charge in [0.2, 0.25) is 0 Å². The van der Waals surface area contributed by atoms with Crippen molar-refractivity contribution in [2.24, 2.45) is 0 Å². The summed E-state index contributed by atoms with van der Waals surface area (Å²) in [7, 11) is 0. The summed E-state index contributed by atoms with van der Waals surface area (Å²) in [5.41, 5.74) is 2.45. The Morgan fingerprint density at radius 1 is 1.32 bits per heavy atom. The number of aromatic amines is 1. The van der Waals surface area contributed by atoms with Crippen LogP contribution in [-0.4, -0.2) is 45.0 Å². The van der Waals surface area contributed by atoms with E-state index in [9.17, 15) is 4.79 Å². The van der Waals surface area contributed by atoms with Crippen LogP contribution >= 0.6 is 11.6 Å². The molecule has 3 heterocycles. The van der Waals surface area contributed by atoms with Gasteiger partial charge in [-0.15, -0.1) is 0 Å². The molecule has 0 radical (unpaired) electrons. The number of halogens is 1. The third-order valence-corrected chi connectivity index (χ3v) is 5.25. The predicted molar refractivity (Wildman–Crippen MR) is 110 cm³/mol. The summed E-state index contributed by atoms with van der Waals surface area (Å²) in [5, 5.41) is 15.7. The Kier molecular flexibility index (Phi) is 5.34. The SMILES string of the molecule is CCn1ccc(C(=O)N[C@@H]2CCCN(c3cc(-c4ccc(Cl)cc4)[nH]n3)C2)n1. The smallest absolute Gasteiger partial charge is 0.272 e. The van der Waals surface area contributed by atoms with Gasteiger partial charge in [-0.05, 0) is 43.5 Å². The normalized spacial score (nSPS) is 16.9. The van der Waals surface area contributed by atoms with Crippen LogP contribution < -0.4 is 10.2 Å². The molecule has 1 fully saturated rings. The van der Waals surface area contributed by atoms with Gasteiger partial charge in [-0.2, -0.15) is 10.2 Å². The third kappa shape index (κ3) is 4.04. The molecular formula is C20H23ClN6O. The van der Waals surface area contributed by atoms with Gasteiger partial charge < -0.3 is 10.2 Å². The van der Waals surface area contributed by atoms with Gasteiger partial charge in [-0.1, -0.05) is 23.7 Å². The number of rotatable bonds is 5. The molecule has 4 rings (SSSR count). The average Bonchev–Trinajstić information content (AvgIpc) is 3.39. The van der Waals surface area contributed by atoms with Crippen molar-refractivity contribution in [1.29, 1.82) is 0 Å².